The Balaban J connectivity index is 1.58. The van der Waals surface area contributed by atoms with Gasteiger partial charge in [0.15, 0.2) is 0 Å². The third-order valence-electron chi connectivity index (χ3n) is 9.15. The van der Waals surface area contributed by atoms with Crippen LogP contribution in [0.25, 0.3) is 22.1 Å². The van der Waals surface area contributed by atoms with Crippen molar-refractivity contribution in [3.8, 4) is 22.6 Å². The van der Waals surface area contributed by atoms with Crippen LogP contribution in [0.4, 0.5) is 26.3 Å². The molecule has 1 unspecified atom stereocenters. The maximum atomic E-state index is 14.4. The number of carbonyl (C=O) groups is 1. The van der Waals surface area contributed by atoms with Crippen LogP contribution in [-0.4, -0.2) is 44.8 Å². The van der Waals surface area contributed by atoms with Gasteiger partial charge in [0.05, 0.1) is 44.1 Å². The summed E-state index contributed by atoms with van der Waals surface area (Å²) in [7, 11) is 1.50. The number of rotatable bonds is 19. The van der Waals surface area contributed by atoms with E-state index in [2.05, 4.69) is 16.4 Å². The number of ether oxygens (including phenoxy) is 5. The SMILES string of the molecule is CCCCCc1ccc(-c2cc3ccc(OCCC(F)(F)OC(F)(F)OC(F)(F)CCOC(=O)C(C)(CC(C)(C)C)C(C)(C)C)cc3oc2=O)c(OC)c1. The summed E-state index contributed by atoms with van der Waals surface area (Å²) in [5, 5.41) is 0.473. The summed E-state index contributed by atoms with van der Waals surface area (Å²) < 4.78 is 114. The molecule has 1 aromatic heterocycles. The van der Waals surface area contributed by atoms with Gasteiger partial charge in [0.25, 0.3) is 0 Å². The van der Waals surface area contributed by atoms with Crippen molar-refractivity contribution in [1.82, 2.24) is 0 Å². The van der Waals surface area contributed by atoms with Gasteiger partial charge in [-0.15, -0.1) is 8.78 Å². The first-order valence-corrected chi connectivity index (χ1v) is 17.9. The number of unbranched alkanes of at least 4 members (excludes halogenated alkanes) is 2. The van der Waals surface area contributed by atoms with Crippen LogP contribution in [0.2, 0.25) is 0 Å². The van der Waals surface area contributed by atoms with Crippen LogP contribution in [0, 0.1) is 16.2 Å². The van der Waals surface area contributed by atoms with Crippen molar-refractivity contribution >= 4 is 16.9 Å². The highest BCUT2D eigenvalue weighted by Gasteiger charge is 2.52. The molecule has 0 saturated heterocycles. The molecule has 0 fully saturated rings. The number of fused-ring (bicyclic) bond motifs is 1. The monoisotopic (exact) mass is 774 g/mol. The maximum Gasteiger partial charge on any atom is 0.494 e. The van der Waals surface area contributed by atoms with Crippen molar-refractivity contribution in [2.75, 3.05) is 20.3 Å². The number of hydrogen-bond acceptors (Lipinski definition) is 8. The maximum absolute atomic E-state index is 14.4. The molecule has 0 spiro atoms. The number of benzene rings is 2. The number of methoxy groups -OCH3 is 1. The molecule has 0 aliphatic carbocycles. The Morgan fingerprint density at radius 1 is 0.778 bits per heavy atom. The highest BCUT2D eigenvalue weighted by molar-refractivity contribution is 5.84. The molecule has 0 N–H and O–H groups in total. The van der Waals surface area contributed by atoms with Crippen LogP contribution in [0.15, 0.2) is 51.7 Å². The molecule has 8 nitrogen and oxygen atoms in total. The Kier molecular flexibility index (Phi) is 14.3. The summed E-state index contributed by atoms with van der Waals surface area (Å²) >= 11 is 0. The van der Waals surface area contributed by atoms with Gasteiger partial charge in [0.2, 0.25) is 0 Å². The molecule has 0 saturated carbocycles. The van der Waals surface area contributed by atoms with Crippen LogP contribution >= 0.6 is 0 Å². The van der Waals surface area contributed by atoms with Crippen LogP contribution in [0.5, 0.6) is 11.5 Å². The van der Waals surface area contributed by atoms with E-state index in [1.165, 1.54) is 25.3 Å². The molecular formula is C40H52F6O8. The first-order chi connectivity index (χ1) is 24.8. The van der Waals surface area contributed by atoms with E-state index in [9.17, 15) is 35.9 Å². The van der Waals surface area contributed by atoms with Gasteiger partial charge in [-0.05, 0) is 66.8 Å². The molecule has 1 heterocycles. The molecule has 0 amide bonds. The second-order valence-electron chi connectivity index (χ2n) is 15.9. The minimum Gasteiger partial charge on any atom is -0.496 e. The zero-order valence-corrected chi connectivity index (χ0v) is 32.4. The third kappa shape index (κ3) is 12.6. The average Bonchev–Trinajstić information content (AvgIpc) is 3.01. The summed E-state index contributed by atoms with van der Waals surface area (Å²) in [6, 6.07) is 11.3. The molecule has 2 aromatic carbocycles. The first kappa shape index (κ1) is 44.6. The van der Waals surface area contributed by atoms with Crippen molar-refractivity contribution in [2.45, 2.75) is 119 Å². The Labute approximate surface area is 312 Å². The normalized spacial score (nSPS) is 14.2. The second kappa shape index (κ2) is 17.3. The number of halogens is 6. The lowest BCUT2D eigenvalue weighted by atomic mass is 9.61. The van der Waals surface area contributed by atoms with Crippen molar-refractivity contribution in [1.29, 1.82) is 0 Å². The van der Waals surface area contributed by atoms with E-state index in [0.29, 0.717) is 23.1 Å². The summed E-state index contributed by atoms with van der Waals surface area (Å²) in [6.07, 6.45) is -13.4. The van der Waals surface area contributed by atoms with Crippen LogP contribution in [0.3, 0.4) is 0 Å². The molecule has 14 heteroatoms. The van der Waals surface area contributed by atoms with Gasteiger partial charge < -0.3 is 18.6 Å². The lowest BCUT2D eigenvalue weighted by Crippen LogP contribution is -2.45. The first-order valence-electron chi connectivity index (χ1n) is 17.9. The van der Waals surface area contributed by atoms with Crippen molar-refractivity contribution in [2.24, 2.45) is 16.2 Å². The van der Waals surface area contributed by atoms with E-state index in [-0.39, 0.29) is 22.3 Å². The van der Waals surface area contributed by atoms with Crippen molar-refractivity contribution < 1.29 is 59.2 Å². The Bertz CT molecular complexity index is 1780. The fourth-order valence-electron chi connectivity index (χ4n) is 5.95. The number of carbonyl (C=O) groups excluding carboxylic acids is 1. The molecule has 0 radical (unpaired) electrons. The van der Waals surface area contributed by atoms with E-state index in [1.807, 2.05) is 32.9 Å². The topological polar surface area (TPSA) is 93.4 Å². The van der Waals surface area contributed by atoms with Crippen LogP contribution in [0.1, 0.15) is 99.5 Å². The van der Waals surface area contributed by atoms with Gasteiger partial charge in [0.1, 0.15) is 17.1 Å². The fourth-order valence-corrected chi connectivity index (χ4v) is 5.95. The average molecular weight is 775 g/mol. The molecule has 0 bridgehead atoms. The van der Waals surface area contributed by atoms with Crippen LogP contribution < -0.4 is 15.1 Å². The number of aryl methyl sites for hydroxylation is 1. The Hall–Kier alpha value is -3.78. The fraction of sp³-hybridized carbons (Fsp3) is 0.600. The van der Waals surface area contributed by atoms with Crippen LogP contribution in [-0.2, 0) is 25.4 Å². The van der Waals surface area contributed by atoms with E-state index >= 15 is 0 Å². The highest BCUT2D eigenvalue weighted by Crippen LogP contribution is 2.47. The van der Waals surface area contributed by atoms with Crippen molar-refractivity contribution in [3.63, 3.8) is 0 Å². The number of esters is 1. The van der Waals surface area contributed by atoms with Gasteiger partial charge in [0, 0.05) is 17.0 Å². The highest BCUT2D eigenvalue weighted by atomic mass is 19.3. The van der Waals surface area contributed by atoms with Gasteiger partial charge in [-0.25, -0.2) is 14.3 Å². The predicted molar refractivity (Wildman–Crippen MR) is 192 cm³/mol. The Morgan fingerprint density at radius 2 is 1.41 bits per heavy atom. The van der Waals surface area contributed by atoms with E-state index in [0.717, 1.165) is 31.2 Å². The van der Waals surface area contributed by atoms with Gasteiger partial charge >= 0.3 is 30.1 Å². The summed E-state index contributed by atoms with van der Waals surface area (Å²) in [4.78, 5) is 25.9. The zero-order chi connectivity index (χ0) is 40.8. The van der Waals surface area contributed by atoms with E-state index in [1.54, 1.807) is 39.8 Å². The smallest absolute Gasteiger partial charge is 0.494 e. The molecule has 302 valence electrons. The number of alkyl halides is 6. The standard InChI is InChI=1S/C40H52F6O8/c1-10-11-12-13-26-14-17-29(32(22-26)49-9)30-23-27-15-16-28(24-31(27)52-33(30)47)50-20-18-38(41,42)53-40(45,46)54-39(43,44)19-21-51-34(48)37(8,36(5,6)7)25-35(2,3)4/h14-17,22-24H,10-13,18-21,25H2,1-9H3. The summed E-state index contributed by atoms with van der Waals surface area (Å²) in [5.41, 5.74) is -0.910. The van der Waals surface area contributed by atoms with Crippen molar-refractivity contribution in [3.05, 3.63) is 58.4 Å². The third-order valence-corrected chi connectivity index (χ3v) is 9.15. The quantitative estimate of drug-likeness (QED) is 0.0391. The Morgan fingerprint density at radius 3 is 1.98 bits per heavy atom. The van der Waals surface area contributed by atoms with Gasteiger partial charge in [-0.3, -0.25) is 4.79 Å². The lowest BCUT2D eigenvalue weighted by Gasteiger charge is -2.43. The molecule has 0 aliphatic rings. The molecular weight excluding hydrogens is 722 g/mol. The van der Waals surface area contributed by atoms with E-state index in [4.69, 9.17) is 18.6 Å². The summed E-state index contributed by atoms with van der Waals surface area (Å²) in [5.74, 6) is -0.361. The largest absolute Gasteiger partial charge is 0.496 e. The predicted octanol–water partition coefficient (Wildman–Crippen LogP) is 11.2. The summed E-state index contributed by atoms with van der Waals surface area (Å²) in [6.45, 7) is 12.9. The zero-order valence-electron chi connectivity index (χ0n) is 32.4. The lowest BCUT2D eigenvalue weighted by molar-refractivity contribution is -0.514. The molecule has 0 aliphatic heterocycles. The van der Waals surface area contributed by atoms with E-state index < -0.39 is 67.0 Å². The molecule has 3 aromatic rings. The second-order valence-corrected chi connectivity index (χ2v) is 15.9. The van der Waals surface area contributed by atoms with Gasteiger partial charge in [-0.1, -0.05) is 73.4 Å². The minimum absolute atomic E-state index is 0.0441. The van der Waals surface area contributed by atoms with Gasteiger partial charge in [-0.2, -0.15) is 17.6 Å². The minimum atomic E-state index is -5.43. The number of hydrogen-bond donors (Lipinski definition) is 0. The molecule has 54 heavy (non-hydrogen) atoms. The molecule has 3 rings (SSSR count). The molecule has 1 atom stereocenters.